The molecule has 2 aromatic carbocycles. The zero-order chi connectivity index (χ0) is 22.0. The van der Waals surface area contributed by atoms with E-state index in [1.54, 1.807) is 10.5 Å². The van der Waals surface area contributed by atoms with Crippen molar-refractivity contribution in [2.24, 2.45) is 0 Å². The molecule has 0 saturated heterocycles. The molecule has 32 heavy (non-hydrogen) atoms. The van der Waals surface area contributed by atoms with Crippen molar-refractivity contribution in [2.45, 2.75) is 25.6 Å². The molecule has 5 nitrogen and oxygen atoms in total. The van der Waals surface area contributed by atoms with Crippen molar-refractivity contribution >= 4 is 60.0 Å². The molecule has 0 unspecified atom stereocenters. The summed E-state index contributed by atoms with van der Waals surface area (Å²) >= 11 is 7.29. The van der Waals surface area contributed by atoms with E-state index >= 15 is 0 Å². The topological polar surface area (TPSA) is 53.5 Å². The number of aromatic nitrogens is 1. The average Bonchev–Trinajstić information content (AvgIpc) is 2.86. The third kappa shape index (κ3) is 5.91. The Kier molecular flexibility index (Phi) is 8.38. The van der Waals surface area contributed by atoms with Crippen LogP contribution in [0.3, 0.4) is 0 Å². The van der Waals surface area contributed by atoms with Crippen LogP contribution in [0.1, 0.15) is 16.7 Å². The Labute approximate surface area is 212 Å². The van der Waals surface area contributed by atoms with Gasteiger partial charge in [-0.25, -0.2) is 8.42 Å². The molecular formula is C23H24Br2ClN3O2S. The number of fused-ring (bicyclic) bond motifs is 1. The van der Waals surface area contributed by atoms with Crippen LogP contribution in [-0.2, 0) is 29.5 Å². The molecule has 0 aliphatic carbocycles. The minimum atomic E-state index is -3.42. The summed E-state index contributed by atoms with van der Waals surface area (Å²) in [6, 6.07) is 17.9. The summed E-state index contributed by atoms with van der Waals surface area (Å²) in [5.74, 6) is 0. The van der Waals surface area contributed by atoms with Gasteiger partial charge in [-0.15, -0.1) is 12.4 Å². The Balaban J connectivity index is 0.00000289. The highest BCUT2D eigenvalue weighted by molar-refractivity contribution is 9.11. The third-order valence-electron chi connectivity index (χ3n) is 5.42. The molecule has 0 fully saturated rings. The lowest BCUT2D eigenvalue weighted by atomic mass is 10.1. The summed E-state index contributed by atoms with van der Waals surface area (Å²) in [7, 11) is -3.42. The highest BCUT2D eigenvalue weighted by atomic mass is 79.9. The number of nitrogens with zero attached hydrogens (tertiary/aromatic N) is 3. The van der Waals surface area contributed by atoms with Crippen molar-refractivity contribution in [1.82, 2.24) is 9.29 Å². The number of halogens is 3. The molecule has 1 aliphatic heterocycles. The quantitative estimate of drug-likeness (QED) is 0.392. The van der Waals surface area contributed by atoms with E-state index in [0.29, 0.717) is 26.1 Å². The van der Waals surface area contributed by atoms with Crippen molar-refractivity contribution in [1.29, 1.82) is 0 Å². The lowest BCUT2D eigenvalue weighted by Gasteiger charge is -2.32. The highest BCUT2D eigenvalue weighted by Crippen LogP contribution is 2.38. The Morgan fingerprint density at radius 2 is 1.78 bits per heavy atom. The van der Waals surface area contributed by atoms with Crippen molar-refractivity contribution in [3.05, 3.63) is 92.6 Å². The van der Waals surface area contributed by atoms with E-state index in [-0.39, 0.29) is 18.4 Å². The first kappa shape index (κ1) is 25.2. The van der Waals surface area contributed by atoms with E-state index in [4.69, 9.17) is 0 Å². The van der Waals surface area contributed by atoms with E-state index in [1.807, 2.05) is 48.7 Å². The van der Waals surface area contributed by atoms with Gasteiger partial charge >= 0.3 is 0 Å². The summed E-state index contributed by atoms with van der Waals surface area (Å²) in [6.45, 7) is 1.54. The zero-order valence-electron chi connectivity index (χ0n) is 17.5. The average molecular weight is 602 g/mol. The van der Waals surface area contributed by atoms with Gasteiger partial charge in [0, 0.05) is 47.0 Å². The van der Waals surface area contributed by atoms with Crippen LogP contribution in [0.2, 0.25) is 0 Å². The standard InChI is InChI=1S/C23H23Br2N3O2S.ClH/c1-31(29,30)28-15-19-11-20(24)12-22(25)23(19)27(14-18-8-5-9-26-13-18)16-21(28)10-17-6-3-2-4-7-17;/h2-9,11-13,21H,10,14-16H2,1H3;1H/t21-;/m1./s1. The maximum Gasteiger partial charge on any atom is 0.211 e. The number of hydrogen-bond donors (Lipinski definition) is 0. The van der Waals surface area contributed by atoms with Gasteiger partial charge in [-0.2, -0.15) is 4.31 Å². The minimum Gasteiger partial charge on any atom is -0.364 e. The molecule has 0 amide bonds. The van der Waals surface area contributed by atoms with E-state index < -0.39 is 10.0 Å². The van der Waals surface area contributed by atoms with Crippen LogP contribution in [-0.4, -0.2) is 36.5 Å². The summed E-state index contributed by atoms with van der Waals surface area (Å²) in [4.78, 5) is 6.52. The molecule has 170 valence electrons. The van der Waals surface area contributed by atoms with Crippen LogP contribution < -0.4 is 4.90 Å². The number of pyridine rings is 1. The van der Waals surface area contributed by atoms with Gasteiger partial charge in [0.1, 0.15) is 0 Å². The number of anilines is 1. The summed E-state index contributed by atoms with van der Waals surface area (Å²) in [5.41, 5.74) is 4.19. The SMILES string of the molecule is CS(=O)(=O)N1Cc2cc(Br)cc(Br)c2N(Cc2cccnc2)C[C@H]1Cc1ccccc1.Cl. The van der Waals surface area contributed by atoms with E-state index in [9.17, 15) is 8.42 Å². The maximum absolute atomic E-state index is 12.9. The monoisotopic (exact) mass is 599 g/mol. The number of hydrogen-bond acceptors (Lipinski definition) is 4. The fraction of sp³-hybridized carbons (Fsp3) is 0.261. The zero-order valence-corrected chi connectivity index (χ0v) is 22.3. The van der Waals surface area contributed by atoms with Gasteiger partial charge in [-0.1, -0.05) is 52.3 Å². The van der Waals surface area contributed by atoms with E-state index in [0.717, 1.165) is 31.3 Å². The first-order chi connectivity index (χ1) is 14.8. The Bertz CT molecular complexity index is 1160. The lowest BCUT2D eigenvalue weighted by Crippen LogP contribution is -2.45. The van der Waals surface area contributed by atoms with Crippen LogP contribution in [0.4, 0.5) is 5.69 Å². The molecule has 9 heteroatoms. The van der Waals surface area contributed by atoms with Crippen molar-refractivity contribution < 1.29 is 8.42 Å². The van der Waals surface area contributed by atoms with Gasteiger partial charge in [0.15, 0.2) is 0 Å². The third-order valence-corrected chi connectivity index (χ3v) is 7.77. The van der Waals surface area contributed by atoms with Gasteiger partial charge in [0.2, 0.25) is 10.0 Å². The smallest absolute Gasteiger partial charge is 0.211 e. The lowest BCUT2D eigenvalue weighted by molar-refractivity contribution is 0.320. The van der Waals surface area contributed by atoms with E-state index in [1.165, 1.54) is 6.26 Å². The molecule has 0 radical (unpaired) electrons. The van der Waals surface area contributed by atoms with Crippen LogP contribution in [0.15, 0.2) is 75.9 Å². The van der Waals surface area contributed by atoms with Crippen molar-refractivity contribution in [2.75, 3.05) is 17.7 Å². The van der Waals surface area contributed by atoms with Crippen molar-refractivity contribution in [3.8, 4) is 0 Å². The molecule has 0 saturated carbocycles. The van der Waals surface area contributed by atoms with Crippen LogP contribution in [0, 0.1) is 0 Å². The largest absolute Gasteiger partial charge is 0.364 e. The fourth-order valence-corrected chi connectivity index (χ4v) is 6.74. The second-order valence-corrected chi connectivity index (χ2v) is 11.5. The summed E-state index contributed by atoms with van der Waals surface area (Å²) in [5, 5.41) is 0. The second-order valence-electron chi connectivity index (χ2n) is 7.79. The number of benzene rings is 2. The minimum absolute atomic E-state index is 0. The first-order valence-electron chi connectivity index (χ1n) is 9.94. The Hall–Kier alpha value is -1.45. The molecular weight excluding hydrogens is 578 g/mol. The maximum atomic E-state index is 12.9. The first-order valence-corrected chi connectivity index (χ1v) is 13.4. The van der Waals surface area contributed by atoms with Crippen LogP contribution >= 0.6 is 44.3 Å². The molecule has 1 aliphatic rings. The van der Waals surface area contributed by atoms with Crippen LogP contribution in [0.5, 0.6) is 0 Å². The van der Waals surface area contributed by atoms with Gasteiger partial charge in [0.25, 0.3) is 0 Å². The second kappa shape index (κ2) is 10.7. The number of rotatable bonds is 5. The molecule has 0 N–H and O–H groups in total. The predicted molar refractivity (Wildman–Crippen MR) is 139 cm³/mol. The fourth-order valence-electron chi connectivity index (χ4n) is 4.12. The molecule has 4 rings (SSSR count). The molecule has 2 heterocycles. The molecule has 0 bridgehead atoms. The Morgan fingerprint density at radius 3 is 2.44 bits per heavy atom. The normalized spacial score (nSPS) is 16.7. The van der Waals surface area contributed by atoms with Gasteiger partial charge in [-0.3, -0.25) is 4.98 Å². The van der Waals surface area contributed by atoms with E-state index in [2.05, 4.69) is 53.9 Å². The van der Waals surface area contributed by atoms with Gasteiger partial charge < -0.3 is 4.90 Å². The number of sulfonamides is 1. The van der Waals surface area contributed by atoms with Gasteiger partial charge in [-0.05, 0) is 57.2 Å². The highest BCUT2D eigenvalue weighted by Gasteiger charge is 2.34. The summed E-state index contributed by atoms with van der Waals surface area (Å²) < 4.78 is 29.2. The summed E-state index contributed by atoms with van der Waals surface area (Å²) in [6.07, 6.45) is 5.56. The molecule has 1 aromatic heterocycles. The van der Waals surface area contributed by atoms with Gasteiger partial charge in [0.05, 0.1) is 11.9 Å². The van der Waals surface area contributed by atoms with Crippen LogP contribution in [0.25, 0.3) is 0 Å². The van der Waals surface area contributed by atoms with Crippen molar-refractivity contribution in [3.63, 3.8) is 0 Å². The molecule has 1 atom stereocenters. The molecule has 0 spiro atoms. The predicted octanol–water partition coefficient (Wildman–Crippen LogP) is 5.42. The molecule has 3 aromatic rings. The Morgan fingerprint density at radius 1 is 1.06 bits per heavy atom.